The second-order valence-electron chi connectivity index (χ2n) is 5.09. The maximum atomic E-state index is 12.3. The van der Waals surface area contributed by atoms with Gasteiger partial charge in [0.1, 0.15) is 0 Å². The molecule has 1 aromatic carbocycles. The monoisotopic (exact) mass is 302 g/mol. The van der Waals surface area contributed by atoms with Crippen LogP contribution in [0.4, 0.5) is 4.79 Å². The molecule has 1 unspecified atom stereocenters. The third-order valence-electron chi connectivity index (χ3n) is 3.43. The van der Waals surface area contributed by atoms with Crippen LogP contribution in [0.15, 0.2) is 49.1 Å². The van der Waals surface area contributed by atoms with Crippen LogP contribution in [-0.4, -0.2) is 47.8 Å². The van der Waals surface area contributed by atoms with Crippen molar-refractivity contribution in [3.05, 3.63) is 54.6 Å². The number of nitrogens with one attached hydrogen (secondary N) is 1. The summed E-state index contributed by atoms with van der Waals surface area (Å²) in [5.41, 5.74) is 1.06. The number of hydrogen-bond donors (Lipinski definition) is 1. The Morgan fingerprint density at radius 3 is 2.82 bits per heavy atom. The molecule has 0 saturated carbocycles. The number of aromatic nitrogens is 2. The van der Waals surface area contributed by atoms with E-state index in [4.69, 9.17) is 4.74 Å². The molecule has 6 nitrogen and oxygen atoms in total. The van der Waals surface area contributed by atoms with Gasteiger partial charge in [0.2, 0.25) is 0 Å². The van der Waals surface area contributed by atoms with E-state index in [1.165, 1.54) is 0 Å². The summed E-state index contributed by atoms with van der Waals surface area (Å²) < 4.78 is 6.95. The average Bonchev–Trinajstić information content (AvgIpc) is 3.05. The lowest BCUT2D eigenvalue weighted by atomic mass is 10.1. The third-order valence-corrected chi connectivity index (χ3v) is 3.43. The van der Waals surface area contributed by atoms with E-state index >= 15 is 0 Å². The number of carbonyl (C=O) groups excluding carboxylic acids is 1. The fourth-order valence-corrected chi connectivity index (χ4v) is 2.11. The van der Waals surface area contributed by atoms with E-state index in [0.717, 1.165) is 5.56 Å². The van der Waals surface area contributed by atoms with Gasteiger partial charge in [-0.25, -0.2) is 9.78 Å². The van der Waals surface area contributed by atoms with Crippen LogP contribution in [0.25, 0.3) is 0 Å². The van der Waals surface area contributed by atoms with Gasteiger partial charge in [0.15, 0.2) is 0 Å². The highest BCUT2D eigenvalue weighted by atomic mass is 16.5. The number of nitrogens with zero attached hydrogens (tertiary/aromatic N) is 3. The molecule has 0 aliphatic heterocycles. The van der Waals surface area contributed by atoms with Crippen molar-refractivity contribution in [2.45, 2.75) is 12.6 Å². The molecule has 0 spiro atoms. The Morgan fingerprint density at radius 1 is 1.41 bits per heavy atom. The van der Waals surface area contributed by atoms with Crippen LogP contribution >= 0.6 is 0 Å². The Morgan fingerprint density at radius 2 is 2.18 bits per heavy atom. The summed E-state index contributed by atoms with van der Waals surface area (Å²) >= 11 is 0. The first-order chi connectivity index (χ1) is 10.7. The highest BCUT2D eigenvalue weighted by Crippen LogP contribution is 2.15. The molecule has 2 amide bonds. The number of imidazole rings is 1. The molecule has 2 rings (SSSR count). The lowest BCUT2D eigenvalue weighted by Gasteiger charge is -2.24. The first-order valence-corrected chi connectivity index (χ1v) is 7.22. The minimum Gasteiger partial charge on any atom is -0.383 e. The molecule has 1 heterocycles. The van der Waals surface area contributed by atoms with Gasteiger partial charge >= 0.3 is 6.03 Å². The fraction of sp³-hybridized carbons (Fsp3) is 0.375. The van der Waals surface area contributed by atoms with Crippen molar-refractivity contribution in [2.75, 3.05) is 27.3 Å². The number of methoxy groups -OCH3 is 1. The van der Waals surface area contributed by atoms with Gasteiger partial charge in [0, 0.05) is 39.6 Å². The number of rotatable bonds is 7. The number of carbonyl (C=O) groups is 1. The Kier molecular flexibility index (Phi) is 5.97. The fourth-order valence-electron chi connectivity index (χ4n) is 2.11. The van der Waals surface area contributed by atoms with Gasteiger partial charge in [-0.1, -0.05) is 30.3 Å². The van der Waals surface area contributed by atoms with E-state index in [1.54, 1.807) is 31.6 Å². The molecular formula is C16H22N4O2. The Labute approximate surface area is 130 Å². The molecule has 0 bridgehead atoms. The average molecular weight is 302 g/mol. The third kappa shape index (κ3) is 4.60. The van der Waals surface area contributed by atoms with Crippen LogP contribution in [0.1, 0.15) is 11.6 Å². The molecule has 0 fully saturated rings. The number of ether oxygens (including phenoxy) is 1. The first-order valence-electron chi connectivity index (χ1n) is 7.22. The Hall–Kier alpha value is -2.34. The van der Waals surface area contributed by atoms with E-state index in [9.17, 15) is 4.79 Å². The van der Waals surface area contributed by atoms with Crippen molar-refractivity contribution < 1.29 is 9.53 Å². The topological polar surface area (TPSA) is 59.4 Å². The van der Waals surface area contributed by atoms with Gasteiger partial charge in [-0.05, 0) is 5.56 Å². The molecule has 22 heavy (non-hydrogen) atoms. The zero-order chi connectivity index (χ0) is 15.8. The van der Waals surface area contributed by atoms with Crippen LogP contribution in [-0.2, 0) is 11.3 Å². The van der Waals surface area contributed by atoms with E-state index in [0.29, 0.717) is 19.7 Å². The minimum absolute atomic E-state index is 0.118. The maximum absolute atomic E-state index is 12.3. The minimum atomic E-state index is -0.119. The summed E-state index contributed by atoms with van der Waals surface area (Å²) in [6.07, 6.45) is 5.36. The van der Waals surface area contributed by atoms with Crippen molar-refractivity contribution in [2.24, 2.45) is 0 Å². The maximum Gasteiger partial charge on any atom is 0.317 e. The summed E-state index contributed by atoms with van der Waals surface area (Å²) in [4.78, 5) is 18.0. The smallest absolute Gasteiger partial charge is 0.317 e. The highest BCUT2D eigenvalue weighted by molar-refractivity contribution is 5.74. The number of amides is 2. The van der Waals surface area contributed by atoms with Crippen LogP contribution in [0.5, 0.6) is 0 Å². The molecule has 118 valence electrons. The molecule has 2 aromatic rings. The van der Waals surface area contributed by atoms with Gasteiger partial charge in [0.25, 0.3) is 0 Å². The molecule has 0 aliphatic carbocycles. The van der Waals surface area contributed by atoms with Crippen LogP contribution in [0, 0.1) is 0 Å². The normalized spacial score (nSPS) is 11.9. The van der Waals surface area contributed by atoms with E-state index in [-0.39, 0.29) is 12.1 Å². The quantitative estimate of drug-likeness (QED) is 0.850. The second-order valence-corrected chi connectivity index (χ2v) is 5.09. The zero-order valence-corrected chi connectivity index (χ0v) is 13.0. The van der Waals surface area contributed by atoms with Crippen molar-refractivity contribution in [3.8, 4) is 0 Å². The van der Waals surface area contributed by atoms with Gasteiger partial charge in [0.05, 0.1) is 19.0 Å². The summed E-state index contributed by atoms with van der Waals surface area (Å²) in [5, 5.41) is 3.06. The van der Waals surface area contributed by atoms with Gasteiger partial charge in [-0.15, -0.1) is 0 Å². The highest BCUT2D eigenvalue weighted by Gasteiger charge is 2.17. The van der Waals surface area contributed by atoms with E-state index < -0.39 is 0 Å². The van der Waals surface area contributed by atoms with Gasteiger partial charge < -0.3 is 19.5 Å². The summed E-state index contributed by atoms with van der Waals surface area (Å²) in [7, 11) is 3.38. The Balaban J connectivity index is 2.06. The SMILES string of the molecule is COCCN(C)C(=O)NC(Cn1ccnc1)c1ccccc1. The standard InChI is InChI=1S/C16H22N4O2/c1-19(10-11-22-2)16(21)18-15(12-20-9-8-17-13-20)14-6-4-3-5-7-14/h3-9,13,15H,10-12H2,1-2H3,(H,18,21). The number of hydrogen-bond acceptors (Lipinski definition) is 3. The van der Waals surface area contributed by atoms with Crippen molar-refractivity contribution in [1.29, 1.82) is 0 Å². The second kappa shape index (κ2) is 8.19. The van der Waals surface area contributed by atoms with Crippen molar-refractivity contribution in [3.63, 3.8) is 0 Å². The molecule has 0 aliphatic rings. The van der Waals surface area contributed by atoms with Crippen molar-refractivity contribution >= 4 is 6.03 Å². The molecule has 1 atom stereocenters. The summed E-state index contributed by atoms with van der Waals surface area (Å²) in [6, 6.07) is 9.69. The van der Waals surface area contributed by atoms with Gasteiger partial charge in [-0.3, -0.25) is 0 Å². The van der Waals surface area contributed by atoms with E-state index in [2.05, 4.69) is 10.3 Å². The molecule has 1 N–H and O–H groups in total. The molecular weight excluding hydrogens is 280 g/mol. The number of likely N-dealkylation sites (N-methyl/N-ethyl adjacent to an activating group) is 1. The predicted octanol–water partition coefficient (Wildman–Crippen LogP) is 1.91. The lowest BCUT2D eigenvalue weighted by Crippen LogP contribution is -2.41. The number of urea groups is 1. The molecule has 0 saturated heterocycles. The lowest BCUT2D eigenvalue weighted by molar-refractivity contribution is 0.157. The zero-order valence-electron chi connectivity index (χ0n) is 13.0. The molecule has 0 radical (unpaired) electrons. The van der Waals surface area contributed by atoms with Crippen LogP contribution in [0.2, 0.25) is 0 Å². The predicted molar refractivity (Wildman–Crippen MR) is 84.4 cm³/mol. The van der Waals surface area contributed by atoms with Crippen LogP contribution < -0.4 is 5.32 Å². The molecule has 6 heteroatoms. The Bertz CT molecular complexity index is 557. The first kappa shape index (κ1) is 16.0. The summed E-state index contributed by atoms with van der Waals surface area (Å²) in [5.74, 6) is 0. The largest absolute Gasteiger partial charge is 0.383 e. The summed E-state index contributed by atoms with van der Waals surface area (Å²) in [6.45, 7) is 1.70. The molecule has 1 aromatic heterocycles. The van der Waals surface area contributed by atoms with Crippen molar-refractivity contribution in [1.82, 2.24) is 19.8 Å². The van der Waals surface area contributed by atoms with E-state index in [1.807, 2.05) is 41.1 Å². The number of benzene rings is 1. The van der Waals surface area contributed by atoms with Gasteiger partial charge in [-0.2, -0.15) is 0 Å². The van der Waals surface area contributed by atoms with Crippen LogP contribution in [0.3, 0.4) is 0 Å².